The molecule has 106 valence electrons. The number of imidazole rings is 1. The highest BCUT2D eigenvalue weighted by atomic mass is 16.5. The molecular formula is C17H12N4O. The molecule has 3 aromatic heterocycles. The van der Waals surface area contributed by atoms with Gasteiger partial charge in [0.05, 0.1) is 18.0 Å². The number of para-hydroxylation sites is 1. The van der Waals surface area contributed by atoms with E-state index in [-0.39, 0.29) is 0 Å². The van der Waals surface area contributed by atoms with Crippen LogP contribution >= 0.6 is 0 Å². The van der Waals surface area contributed by atoms with Crippen LogP contribution in [0.5, 0.6) is 11.8 Å². The predicted molar refractivity (Wildman–Crippen MR) is 82.7 cm³/mol. The molecule has 22 heavy (non-hydrogen) atoms. The summed E-state index contributed by atoms with van der Waals surface area (Å²) in [6.45, 7) is 0. The van der Waals surface area contributed by atoms with Gasteiger partial charge in [-0.15, -0.1) is 0 Å². The van der Waals surface area contributed by atoms with Crippen LogP contribution in [0.2, 0.25) is 0 Å². The van der Waals surface area contributed by atoms with E-state index in [0.717, 1.165) is 22.4 Å². The summed E-state index contributed by atoms with van der Waals surface area (Å²) in [7, 11) is 0. The zero-order valence-electron chi connectivity index (χ0n) is 11.6. The van der Waals surface area contributed by atoms with E-state index in [1.54, 1.807) is 18.7 Å². The normalized spacial score (nSPS) is 10.7. The lowest BCUT2D eigenvalue weighted by Crippen LogP contribution is -1.92. The fourth-order valence-corrected chi connectivity index (χ4v) is 2.21. The predicted octanol–water partition coefficient (Wildman–Crippen LogP) is 3.58. The highest BCUT2D eigenvalue weighted by Crippen LogP contribution is 2.22. The Morgan fingerprint density at radius 2 is 1.68 bits per heavy atom. The maximum atomic E-state index is 5.59. The van der Waals surface area contributed by atoms with Crippen molar-refractivity contribution in [1.29, 1.82) is 0 Å². The molecule has 5 nitrogen and oxygen atoms in total. The van der Waals surface area contributed by atoms with Crippen molar-refractivity contribution in [2.24, 2.45) is 0 Å². The number of hydrogen-bond acceptors (Lipinski definition) is 4. The van der Waals surface area contributed by atoms with Gasteiger partial charge in [0.25, 0.3) is 0 Å². The molecule has 0 fully saturated rings. The fourth-order valence-electron chi connectivity index (χ4n) is 2.21. The number of benzene rings is 1. The second kappa shape index (κ2) is 5.29. The minimum atomic E-state index is 0.334. The van der Waals surface area contributed by atoms with Crippen molar-refractivity contribution < 1.29 is 4.74 Å². The van der Waals surface area contributed by atoms with Crippen molar-refractivity contribution in [1.82, 2.24) is 19.4 Å². The smallest absolute Gasteiger partial charge is 0.321 e. The van der Waals surface area contributed by atoms with Crippen LogP contribution in [0.15, 0.2) is 73.6 Å². The topological polar surface area (TPSA) is 52.3 Å². The molecule has 1 aromatic carbocycles. The number of nitrogens with zero attached hydrogens (tertiary/aromatic N) is 4. The first kappa shape index (κ1) is 12.5. The number of ether oxygens (including phenoxy) is 1. The van der Waals surface area contributed by atoms with Crippen molar-refractivity contribution >= 4 is 5.52 Å². The molecule has 3 heterocycles. The lowest BCUT2D eigenvalue weighted by atomic mass is 10.1. The first-order valence-electron chi connectivity index (χ1n) is 6.85. The molecule has 0 aliphatic carbocycles. The molecule has 0 saturated carbocycles. The number of pyridine rings is 1. The molecule has 0 atom stereocenters. The van der Waals surface area contributed by atoms with E-state index in [1.165, 1.54) is 0 Å². The molecule has 0 unspecified atom stereocenters. The summed E-state index contributed by atoms with van der Waals surface area (Å²) in [6.07, 6.45) is 9.07. The third-order valence-electron chi connectivity index (χ3n) is 3.33. The van der Waals surface area contributed by atoms with E-state index in [9.17, 15) is 0 Å². The van der Waals surface area contributed by atoms with Crippen LogP contribution in [0.25, 0.3) is 16.6 Å². The van der Waals surface area contributed by atoms with Gasteiger partial charge in [-0.2, -0.15) is 0 Å². The molecule has 4 rings (SSSR count). The summed E-state index contributed by atoms with van der Waals surface area (Å²) < 4.78 is 7.55. The minimum Gasteiger partial charge on any atom is -0.424 e. The lowest BCUT2D eigenvalue weighted by molar-refractivity contribution is 0.442. The molecule has 0 bridgehead atoms. The SMILES string of the molecule is c1ccc(Oc2ncc(-c3ccn4cncc4c3)cn2)cc1. The Morgan fingerprint density at radius 3 is 2.50 bits per heavy atom. The van der Waals surface area contributed by atoms with Crippen LogP contribution in [-0.4, -0.2) is 19.4 Å². The van der Waals surface area contributed by atoms with Crippen LogP contribution in [0.1, 0.15) is 0 Å². The second-order valence-electron chi connectivity index (χ2n) is 4.81. The van der Waals surface area contributed by atoms with Crippen LogP contribution in [0.3, 0.4) is 0 Å². The third kappa shape index (κ3) is 2.40. The van der Waals surface area contributed by atoms with Gasteiger partial charge in [0.1, 0.15) is 5.75 Å². The van der Waals surface area contributed by atoms with E-state index in [4.69, 9.17) is 4.74 Å². The van der Waals surface area contributed by atoms with Gasteiger partial charge < -0.3 is 9.14 Å². The molecular weight excluding hydrogens is 276 g/mol. The Bertz CT molecular complexity index is 901. The van der Waals surface area contributed by atoms with Crippen molar-refractivity contribution in [3.63, 3.8) is 0 Å². The molecule has 0 aliphatic heterocycles. The Kier molecular flexibility index (Phi) is 3.01. The number of aromatic nitrogens is 4. The molecule has 0 aliphatic rings. The maximum Gasteiger partial charge on any atom is 0.321 e. The number of fused-ring (bicyclic) bond motifs is 1. The van der Waals surface area contributed by atoms with Gasteiger partial charge in [0.2, 0.25) is 0 Å². The summed E-state index contributed by atoms with van der Waals surface area (Å²) in [6, 6.07) is 13.9. The maximum absolute atomic E-state index is 5.59. The summed E-state index contributed by atoms with van der Waals surface area (Å²) in [5.74, 6) is 0.718. The quantitative estimate of drug-likeness (QED) is 0.578. The monoisotopic (exact) mass is 288 g/mol. The third-order valence-corrected chi connectivity index (χ3v) is 3.33. The van der Waals surface area contributed by atoms with E-state index in [2.05, 4.69) is 15.0 Å². The van der Waals surface area contributed by atoms with Gasteiger partial charge in [0, 0.05) is 24.2 Å². The summed E-state index contributed by atoms with van der Waals surface area (Å²) in [4.78, 5) is 12.6. The molecule has 0 spiro atoms. The molecule has 0 N–H and O–H groups in total. The van der Waals surface area contributed by atoms with Crippen LogP contribution in [0, 0.1) is 0 Å². The van der Waals surface area contributed by atoms with Gasteiger partial charge in [-0.3, -0.25) is 0 Å². The van der Waals surface area contributed by atoms with Gasteiger partial charge in [-0.1, -0.05) is 18.2 Å². The summed E-state index contributed by atoms with van der Waals surface area (Å²) in [5.41, 5.74) is 3.01. The highest BCUT2D eigenvalue weighted by molar-refractivity contribution is 5.67. The Morgan fingerprint density at radius 1 is 0.864 bits per heavy atom. The van der Waals surface area contributed by atoms with E-state index < -0.39 is 0 Å². The van der Waals surface area contributed by atoms with E-state index >= 15 is 0 Å². The average molecular weight is 288 g/mol. The number of rotatable bonds is 3. The molecule has 0 saturated heterocycles. The van der Waals surface area contributed by atoms with Crippen molar-refractivity contribution in [3.8, 4) is 22.9 Å². The van der Waals surface area contributed by atoms with E-state index in [0.29, 0.717) is 6.01 Å². The van der Waals surface area contributed by atoms with Crippen molar-refractivity contribution in [2.75, 3.05) is 0 Å². The standard InChI is InChI=1S/C17H12N4O/c1-2-4-16(5-3-1)22-17-19-9-14(10-20-17)13-6-7-21-12-18-11-15(21)8-13/h1-12H. The first-order valence-corrected chi connectivity index (χ1v) is 6.85. The Balaban J connectivity index is 1.61. The first-order chi connectivity index (χ1) is 10.9. The second-order valence-corrected chi connectivity index (χ2v) is 4.81. The minimum absolute atomic E-state index is 0.334. The van der Waals surface area contributed by atoms with Crippen molar-refractivity contribution in [3.05, 3.63) is 73.6 Å². The zero-order chi connectivity index (χ0) is 14.8. The molecule has 5 heteroatoms. The van der Waals surface area contributed by atoms with Crippen LogP contribution in [0.4, 0.5) is 0 Å². The largest absolute Gasteiger partial charge is 0.424 e. The fraction of sp³-hybridized carbons (Fsp3) is 0. The van der Waals surface area contributed by atoms with Crippen LogP contribution < -0.4 is 4.74 Å². The molecule has 4 aromatic rings. The van der Waals surface area contributed by atoms with Gasteiger partial charge >= 0.3 is 6.01 Å². The van der Waals surface area contributed by atoms with Gasteiger partial charge in [0.15, 0.2) is 0 Å². The highest BCUT2D eigenvalue weighted by Gasteiger charge is 2.04. The summed E-state index contributed by atoms with van der Waals surface area (Å²) in [5, 5.41) is 0. The Hall–Kier alpha value is -3.21. The van der Waals surface area contributed by atoms with Gasteiger partial charge in [-0.25, -0.2) is 15.0 Å². The molecule has 0 amide bonds. The number of hydrogen-bond donors (Lipinski definition) is 0. The van der Waals surface area contributed by atoms with E-state index in [1.807, 2.05) is 59.3 Å². The van der Waals surface area contributed by atoms with Crippen LogP contribution in [-0.2, 0) is 0 Å². The summed E-state index contributed by atoms with van der Waals surface area (Å²) >= 11 is 0. The van der Waals surface area contributed by atoms with Gasteiger partial charge in [-0.05, 0) is 29.8 Å². The molecule has 0 radical (unpaired) electrons. The average Bonchev–Trinajstić information content (AvgIpc) is 3.04. The van der Waals surface area contributed by atoms with Crippen molar-refractivity contribution in [2.45, 2.75) is 0 Å². The Labute approximate surface area is 126 Å². The lowest BCUT2D eigenvalue weighted by Gasteiger charge is -2.05. The zero-order valence-corrected chi connectivity index (χ0v) is 11.6.